The molecule has 5 N–H and O–H groups in total. The Morgan fingerprint density at radius 2 is 2.09 bits per heavy atom. The van der Waals surface area contributed by atoms with Crippen molar-refractivity contribution in [3.8, 4) is 0 Å². The lowest BCUT2D eigenvalue weighted by molar-refractivity contribution is 0.0692. The highest BCUT2D eigenvalue weighted by atomic mass is 35.5. The molecule has 2 atom stereocenters. The summed E-state index contributed by atoms with van der Waals surface area (Å²) in [6.45, 7) is 4.96. The molecule has 0 radical (unpaired) electrons. The second kappa shape index (κ2) is 8.54. The molecule has 2 saturated carbocycles. The van der Waals surface area contributed by atoms with Gasteiger partial charge < -0.3 is 21.9 Å². The lowest BCUT2D eigenvalue weighted by Crippen LogP contribution is -2.53. The molecule has 8 heteroatoms. The highest BCUT2D eigenvalue weighted by Gasteiger charge is 2.53. The van der Waals surface area contributed by atoms with Gasteiger partial charge in [0.25, 0.3) is 0 Å². The van der Waals surface area contributed by atoms with Gasteiger partial charge in [-0.05, 0) is 51.1 Å². The van der Waals surface area contributed by atoms with Gasteiger partial charge in [0.1, 0.15) is 0 Å². The summed E-state index contributed by atoms with van der Waals surface area (Å²) >= 11 is 6.57. The minimum Gasteiger partial charge on any atom is -0.349 e. The zero-order chi connectivity index (χ0) is 22.2. The third-order valence-electron chi connectivity index (χ3n) is 7.50. The molecular weight excluding hydrogens is 422 g/mol. The summed E-state index contributed by atoms with van der Waals surface area (Å²) in [6.07, 6.45) is 10.7. The SMILES string of the molecule is CCN(CCN)C12CCCC(Nc3ncc(Cl)c(C4=CNNc5ccccc54)n3)(CC1)C2. The van der Waals surface area contributed by atoms with Gasteiger partial charge in [-0.15, -0.1) is 0 Å². The molecule has 2 aliphatic carbocycles. The first-order valence-electron chi connectivity index (χ1n) is 11.7. The van der Waals surface area contributed by atoms with E-state index < -0.39 is 0 Å². The number of hydrogen-bond acceptors (Lipinski definition) is 7. The predicted molar refractivity (Wildman–Crippen MR) is 130 cm³/mol. The van der Waals surface area contributed by atoms with Crippen LogP contribution in [-0.4, -0.2) is 45.6 Å². The van der Waals surface area contributed by atoms with E-state index in [0.717, 1.165) is 54.9 Å². The van der Waals surface area contributed by atoms with Gasteiger partial charge in [-0.25, -0.2) is 9.97 Å². The van der Waals surface area contributed by atoms with Crippen molar-refractivity contribution in [2.24, 2.45) is 5.73 Å². The van der Waals surface area contributed by atoms with Gasteiger partial charge in [0.15, 0.2) is 0 Å². The summed E-state index contributed by atoms with van der Waals surface area (Å²) in [6, 6.07) is 8.13. The topological polar surface area (TPSA) is 91.1 Å². The number of halogens is 1. The molecular formula is C24H32ClN7. The summed E-state index contributed by atoms with van der Waals surface area (Å²) in [4.78, 5) is 12.1. The molecule has 32 heavy (non-hydrogen) atoms. The van der Waals surface area contributed by atoms with Gasteiger partial charge in [0.2, 0.25) is 5.95 Å². The summed E-state index contributed by atoms with van der Waals surface area (Å²) in [7, 11) is 0. The molecule has 1 aliphatic heterocycles. The van der Waals surface area contributed by atoms with E-state index in [9.17, 15) is 0 Å². The highest BCUT2D eigenvalue weighted by Crippen LogP contribution is 2.52. The van der Waals surface area contributed by atoms with Crippen LogP contribution in [0.3, 0.4) is 0 Å². The van der Waals surface area contributed by atoms with Crippen LogP contribution in [0.25, 0.3) is 5.57 Å². The molecule has 7 nitrogen and oxygen atoms in total. The number of likely N-dealkylation sites (N-methyl/N-ethyl adjacent to an activating group) is 1. The van der Waals surface area contributed by atoms with E-state index in [-0.39, 0.29) is 11.1 Å². The van der Waals surface area contributed by atoms with Crippen molar-refractivity contribution < 1.29 is 0 Å². The van der Waals surface area contributed by atoms with Crippen LogP contribution in [0.4, 0.5) is 11.6 Å². The van der Waals surface area contributed by atoms with Crippen LogP contribution in [-0.2, 0) is 0 Å². The maximum atomic E-state index is 6.57. The van der Waals surface area contributed by atoms with Gasteiger partial charge >= 0.3 is 0 Å². The molecule has 3 aliphatic rings. The number of benzene rings is 1. The lowest BCUT2D eigenvalue weighted by atomic mass is 9.77. The first-order chi connectivity index (χ1) is 15.6. The van der Waals surface area contributed by atoms with Crippen molar-refractivity contribution in [3.63, 3.8) is 0 Å². The first kappa shape index (κ1) is 21.5. The van der Waals surface area contributed by atoms with Crippen molar-refractivity contribution in [3.05, 3.63) is 52.9 Å². The Balaban J connectivity index is 1.42. The molecule has 0 saturated heterocycles. The van der Waals surface area contributed by atoms with Gasteiger partial charge in [0, 0.05) is 41.5 Å². The molecule has 170 valence electrons. The van der Waals surface area contributed by atoms with Crippen LogP contribution in [0, 0.1) is 0 Å². The maximum Gasteiger partial charge on any atom is 0.223 e. The summed E-state index contributed by atoms with van der Waals surface area (Å²) in [5.74, 6) is 0.654. The average molecular weight is 454 g/mol. The van der Waals surface area contributed by atoms with Crippen molar-refractivity contribution in [2.75, 3.05) is 30.4 Å². The molecule has 2 unspecified atom stereocenters. The fourth-order valence-corrected chi connectivity index (χ4v) is 6.28. The number of hydrazine groups is 1. The van der Waals surface area contributed by atoms with E-state index in [1.54, 1.807) is 6.20 Å². The molecule has 0 spiro atoms. The van der Waals surface area contributed by atoms with E-state index >= 15 is 0 Å². The molecule has 1 aromatic heterocycles. The number of nitrogens with zero attached hydrogens (tertiary/aromatic N) is 3. The number of rotatable bonds is 7. The van der Waals surface area contributed by atoms with Gasteiger partial charge in [-0.1, -0.05) is 36.7 Å². The number of anilines is 2. The minimum atomic E-state index is 0.0318. The van der Waals surface area contributed by atoms with Crippen LogP contribution in [0.15, 0.2) is 36.7 Å². The van der Waals surface area contributed by atoms with Crippen LogP contribution < -0.4 is 21.9 Å². The Morgan fingerprint density at radius 3 is 2.94 bits per heavy atom. The fraction of sp³-hybridized carbons (Fsp3) is 0.500. The van der Waals surface area contributed by atoms with Gasteiger partial charge in [-0.3, -0.25) is 4.90 Å². The second-order valence-electron chi connectivity index (χ2n) is 9.29. The van der Waals surface area contributed by atoms with Crippen molar-refractivity contribution in [1.82, 2.24) is 20.3 Å². The number of aromatic nitrogens is 2. The molecule has 5 rings (SSSR count). The predicted octanol–water partition coefficient (Wildman–Crippen LogP) is 3.99. The zero-order valence-corrected chi connectivity index (χ0v) is 19.4. The Labute approximate surface area is 194 Å². The van der Waals surface area contributed by atoms with E-state index in [2.05, 4.69) is 39.0 Å². The Morgan fingerprint density at radius 1 is 1.22 bits per heavy atom. The molecule has 2 fully saturated rings. The minimum absolute atomic E-state index is 0.0318. The van der Waals surface area contributed by atoms with Crippen molar-refractivity contribution in [1.29, 1.82) is 0 Å². The molecule has 1 aromatic carbocycles. The van der Waals surface area contributed by atoms with E-state index in [1.165, 1.54) is 19.3 Å². The number of hydrogen-bond donors (Lipinski definition) is 4. The quantitative estimate of drug-likeness (QED) is 0.503. The van der Waals surface area contributed by atoms with Crippen molar-refractivity contribution in [2.45, 2.75) is 56.5 Å². The van der Waals surface area contributed by atoms with Crippen LogP contribution in [0.5, 0.6) is 0 Å². The van der Waals surface area contributed by atoms with Crippen LogP contribution in [0.1, 0.15) is 56.7 Å². The van der Waals surface area contributed by atoms with E-state index in [4.69, 9.17) is 22.3 Å². The Bertz CT molecular complexity index is 1030. The third-order valence-corrected chi connectivity index (χ3v) is 7.78. The van der Waals surface area contributed by atoms with Crippen LogP contribution in [0.2, 0.25) is 5.02 Å². The number of fused-ring (bicyclic) bond motifs is 3. The number of nitrogens with one attached hydrogen (secondary N) is 3. The number of para-hydroxylation sites is 1. The normalized spacial score (nSPS) is 26.2. The monoisotopic (exact) mass is 453 g/mol. The van der Waals surface area contributed by atoms with E-state index in [1.807, 2.05) is 24.4 Å². The Hall–Kier alpha value is -2.35. The number of nitrogens with two attached hydrogens (primary N) is 1. The van der Waals surface area contributed by atoms with Gasteiger partial charge in [-0.2, -0.15) is 0 Å². The van der Waals surface area contributed by atoms with Gasteiger partial charge in [0.05, 0.1) is 22.6 Å². The second-order valence-corrected chi connectivity index (χ2v) is 9.70. The summed E-state index contributed by atoms with van der Waals surface area (Å²) in [5.41, 5.74) is 16.2. The lowest BCUT2D eigenvalue weighted by Gasteiger charge is -2.46. The van der Waals surface area contributed by atoms with Crippen LogP contribution >= 0.6 is 11.6 Å². The standard InChI is InChI=1S/C24H32ClN7/c1-2-32(13-12-26)24-9-5-8-23(16-24,10-11-24)30-22-27-15-19(25)21(29-22)18-14-28-31-20-7-4-3-6-17(18)20/h3-4,6-7,14-15,28,31H,2,5,8-13,16,26H2,1H3,(H,27,29,30). The molecule has 0 amide bonds. The highest BCUT2D eigenvalue weighted by molar-refractivity contribution is 6.32. The maximum absolute atomic E-state index is 6.57. The van der Waals surface area contributed by atoms with Crippen molar-refractivity contribution >= 4 is 28.8 Å². The smallest absolute Gasteiger partial charge is 0.223 e. The fourth-order valence-electron chi connectivity index (χ4n) is 6.09. The zero-order valence-electron chi connectivity index (χ0n) is 18.6. The molecule has 2 heterocycles. The first-order valence-corrected chi connectivity index (χ1v) is 12.0. The third kappa shape index (κ3) is 3.72. The van der Waals surface area contributed by atoms with E-state index in [0.29, 0.717) is 17.5 Å². The average Bonchev–Trinajstić information content (AvgIpc) is 3.08. The molecule has 2 bridgehead atoms. The Kier molecular flexibility index (Phi) is 5.73. The largest absolute Gasteiger partial charge is 0.349 e. The molecule has 2 aromatic rings. The summed E-state index contributed by atoms with van der Waals surface area (Å²) in [5, 5.41) is 4.30. The summed E-state index contributed by atoms with van der Waals surface area (Å²) < 4.78 is 0.